The van der Waals surface area contributed by atoms with E-state index in [4.69, 9.17) is 11.6 Å². The van der Waals surface area contributed by atoms with Crippen molar-refractivity contribution in [2.75, 3.05) is 0 Å². The summed E-state index contributed by atoms with van der Waals surface area (Å²) < 4.78 is 3.04. The summed E-state index contributed by atoms with van der Waals surface area (Å²) in [7, 11) is 0. The molecule has 1 N–H and O–H groups in total. The van der Waals surface area contributed by atoms with E-state index in [0.717, 1.165) is 33.5 Å². The van der Waals surface area contributed by atoms with Gasteiger partial charge in [0, 0.05) is 16.5 Å². The van der Waals surface area contributed by atoms with Gasteiger partial charge >= 0.3 is 0 Å². The smallest absolute Gasteiger partial charge is 0.0851 e. The number of halogens is 2. The number of aromatic nitrogens is 2. The monoisotopic (exact) mass is 404 g/mol. The summed E-state index contributed by atoms with van der Waals surface area (Å²) in [6.45, 7) is 4.82. The third-order valence-electron chi connectivity index (χ3n) is 3.34. The van der Waals surface area contributed by atoms with Gasteiger partial charge in [-0.2, -0.15) is 5.10 Å². The van der Waals surface area contributed by atoms with Crippen molar-refractivity contribution in [2.24, 2.45) is 0 Å². The zero-order valence-corrected chi connectivity index (χ0v) is 14.5. The van der Waals surface area contributed by atoms with E-state index in [1.54, 1.807) is 0 Å². The van der Waals surface area contributed by atoms with Crippen molar-refractivity contribution in [2.45, 2.75) is 39.3 Å². The van der Waals surface area contributed by atoms with E-state index in [1.165, 1.54) is 0 Å². The molecule has 0 fully saturated rings. The zero-order chi connectivity index (χ0) is 14.7. The lowest BCUT2D eigenvalue weighted by Crippen LogP contribution is -2.09. The highest BCUT2D eigenvalue weighted by Crippen LogP contribution is 2.27. The summed E-state index contributed by atoms with van der Waals surface area (Å²) in [6, 6.07) is 7.89. The molecule has 0 saturated carbocycles. The van der Waals surface area contributed by atoms with Crippen molar-refractivity contribution in [1.29, 1.82) is 0 Å². The van der Waals surface area contributed by atoms with E-state index in [1.807, 2.05) is 42.8 Å². The van der Waals surface area contributed by atoms with E-state index in [9.17, 15) is 5.11 Å². The Hall–Kier alpha value is -0.590. The molecule has 108 valence electrons. The van der Waals surface area contributed by atoms with Crippen LogP contribution in [0.4, 0.5) is 0 Å². The van der Waals surface area contributed by atoms with E-state index in [-0.39, 0.29) is 0 Å². The van der Waals surface area contributed by atoms with Gasteiger partial charge in [-0.25, -0.2) is 0 Å². The number of aliphatic hydroxyl groups is 1. The Kier molecular flexibility index (Phi) is 5.46. The topological polar surface area (TPSA) is 38.0 Å². The molecular formula is C15H18ClIN2O. The normalized spacial score (nSPS) is 12.7. The van der Waals surface area contributed by atoms with Crippen molar-refractivity contribution < 1.29 is 5.11 Å². The molecule has 0 amide bonds. The lowest BCUT2D eigenvalue weighted by Gasteiger charge is -2.12. The standard InChI is InChI=1S/C15H18ClIN2O/c1-3-12-15(16)13(19(4-2)18-12)9-14(20)10-5-7-11(17)8-6-10/h5-8,14,20H,3-4,9H2,1-2H3. The first kappa shape index (κ1) is 15.8. The Bertz CT molecular complexity index is 580. The Morgan fingerprint density at radius 1 is 1.30 bits per heavy atom. The molecule has 20 heavy (non-hydrogen) atoms. The fourth-order valence-corrected chi connectivity index (χ4v) is 2.90. The quantitative estimate of drug-likeness (QED) is 0.765. The maximum absolute atomic E-state index is 10.4. The molecule has 2 rings (SSSR count). The molecule has 1 atom stereocenters. The van der Waals surface area contributed by atoms with E-state index in [2.05, 4.69) is 27.7 Å². The van der Waals surface area contributed by atoms with Gasteiger partial charge in [-0.1, -0.05) is 30.7 Å². The van der Waals surface area contributed by atoms with Gasteiger partial charge in [0.2, 0.25) is 0 Å². The summed E-state index contributed by atoms with van der Waals surface area (Å²) in [5.41, 5.74) is 2.72. The predicted octanol–water partition coefficient (Wildman–Crippen LogP) is 4.00. The molecular weight excluding hydrogens is 387 g/mol. The summed E-state index contributed by atoms with van der Waals surface area (Å²) >= 11 is 8.62. The molecule has 0 saturated heterocycles. The van der Waals surface area contributed by atoms with Crippen LogP contribution in [0.5, 0.6) is 0 Å². The molecule has 0 spiro atoms. The molecule has 1 unspecified atom stereocenters. The summed E-state index contributed by atoms with van der Waals surface area (Å²) in [4.78, 5) is 0. The fourth-order valence-electron chi connectivity index (χ4n) is 2.20. The van der Waals surface area contributed by atoms with Crippen LogP contribution in [-0.2, 0) is 19.4 Å². The Balaban J connectivity index is 2.25. The van der Waals surface area contributed by atoms with E-state index >= 15 is 0 Å². The van der Waals surface area contributed by atoms with Crippen LogP contribution in [0.3, 0.4) is 0 Å². The molecule has 1 aromatic carbocycles. The Labute approximate surface area is 138 Å². The maximum Gasteiger partial charge on any atom is 0.0851 e. The van der Waals surface area contributed by atoms with Crippen LogP contribution in [0, 0.1) is 3.57 Å². The van der Waals surface area contributed by atoms with Crippen LogP contribution in [0.25, 0.3) is 0 Å². The van der Waals surface area contributed by atoms with Gasteiger partial charge in [-0.05, 0) is 53.6 Å². The van der Waals surface area contributed by atoms with Crippen LogP contribution in [0.1, 0.15) is 36.9 Å². The van der Waals surface area contributed by atoms with Gasteiger partial charge < -0.3 is 5.11 Å². The highest BCUT2D eigenvalue weighted by atomic mass is 127. The van der Waals surface area contributed by atoms with Gasteiger partial charge in [0.25, 0.3) is 0 Å². The highest BCUT2D eigenvalue weighted by Gasteiger charge is 2.18. The number of benzene rings is 1. The van der Waals surface area contributed by atoms with Crippen molar-refractivity contribution in [3.05, 3.63) is 49.8 Å². The van der Waals surface area contributed by atoms with Crippen molar-refractivity contribution >= 4 is 34.2 Å². The fraction of sp³-hybridized carbons (Fsp3) is 0.400. The molecule has 0 aliphatic rings. The SMILES string of the molecule is CCc1nn(CC)c(CC(O)c2ccc(I)cc2)c1Cl. The summed E-state index contributed by atoms with van der Waals surface area (Å²) in [5.74, 6) is 0. The number of rotatable bonds is 5. The molecule has 0 radical (unpaired) electrons. The van der Waals surface area contributed by atoms with Crippen molar-refractivity contribution in [3.8, 4) is 0 Å². The van der Waals surface area contributed by atoms with Crippen LogP contribution in [0.2, 0.25) is 5.02 Å². The first-order valence-electron chi connectivity index (χ1n) is 6.74. The highest BCUT2D eigenvalue weighted by molar-refractivity contribution is 14.1. The minimum Gasteiger partial charge on any atom is -0.388 e. The van der Waals surface area contributed by atoms with Crippen LogP contribution >= 0.6 is 34.2 Å². The number of hydrogen-bond acceptors (Lipinski definition) is 2. The summed E-state index contributed by atoms with van der Waals surface area (Å²) in [5, 5.41) is 15.6. The average Bonchev–Trinajstić information content (AvgIpc) is 2.76. The van der Waals surface area contributed by atoms with Crippen molar-refractivity contribution in [1.82, 2.24) is 9.78 Å². The number of hydrogen-bond donors (Lipinski definition) is 1. The second kappa shape index (κ2) is 6.91. The van der Waals surface area contributed by atoms with Gasteiger partial charge in [-0.3, -0.25) is 4.68 Å². The minimum absolute atomic E-state index is 0.486. The maximum atomic E-state index is 10.4. The Morgan fingerprint density at radius 3 is 2.50 bits per heavy atom. The number of aryl methyl sites for hydroxylation is 2. The lowest BCUT2D eigenvalue weighted by atomic mass is 10.0. The predicted molar refractivity (Wildman–Crippen MR) is 90.1 cm³/mol. The van der Waals surface area contributed by atoms with Gasteiger partial charge in [0.15, 0.2) is 0 Å². The lowest BCUT2D eigenvalue weighted by molar-refractivity contribution is 0.175. The second-order valence-electron chi connectivity index (χ2n) is 4.65. The molecule has 0 bridgehead atoms. The molecule has 0 aliphatic heterocycles. The molecule has 0 aliphatic carbocycles. The Morgan fingerprint density at radius 2 is 1.95 bits per heavy atom. The average molecular weight is 405 g/mol. The number of aliphatic hydroxyl groups excluding tert-OH is 1. The van der Waals surface area contributed by atoms with E-state index < -0.39 is 6.10 Å². The first-order valence-corrected chi connectivity index (χ1v) is 8.20. The van der Waals surface area contributed by atoms with Crippen LogP contribution in [0.15, 0.2) is 24.3 Å². The molecule has 5 heteroatoms. The second-order valence-corrected chi connectivity index (χ2v) is 6.27. The zero-order valence-electron chi connectivity index (χ0n) is 11.6. The largest absolute Gasteiger partial charge is 0.388 e. The van der Waals surface area contributed by atoms with Crippen LogP contribution < -0.4 is 0 Å². The molecule has 2 aromatic rings. The van der Waals surface area contributed by atoms with E-state index in [0.29, 0.717) is 11.4 Å². The third-order valence-corrected chi connectivity index (χ3v) is 4.49. The number of nitrogens with zero attached hydrogens (tertiary/aromatic N) is 2. The minimum atomic E-state index is -0.559. The first-order chi connectivity index (χ1) is 9.56. The van der Waals surface area contributed by atoms with Gasteiger partial charge in [-0.15, -0.1) is 0 Å². The van der Waals surface area contributed by atoms with Crippen LogP contribution in [-0.4, -0.2) is 14.9 Å². The third kappa shape index (κ3) is 3.35. The molecule has 3 nitrogen and oxygen atoms in total. The van der Waals surface area contributed by atoms with Gasteiger partial charge in [0.05, 0.1) is 22.5 Å². The van der Waals surface area contributed by atoms with Crippen molar-refractivity contribution in [3.63, 3.8) is 0 Å². The molecule has 1 heterocycles. The van der Waals surface area contributed by atoms with Gasteiger partial charge in [0.1, 0.15) is 0 Å². The summed E-state index contributed by atoms with van der Waals surface area (Å²) in [6.07, 6.45) is 0.731. The molecule has 1 aromatic heterocycles.